The van der Waals surface area contributed by atoms with Crippen LogP contribution in [0.1, 0.15) is 84.5 Å². The summed E-state index contributed by atoms with van der Waals surface area (Å²) in [5.74, 6) is -0.821. The summed E-state index contributed by atoms with van der Waals surface area (Å²) in [6, 6.07) is 0. The summed E-state index contributed by atoms with van der Waals surface area (Å²) in [5.41, 5.74) is 0. The molecule has 0 aromatic rings. The summed E-state index contributed by atoms with van der Waals surface area (Å²) in [6.45, 7) is 6.53. The first-order chi connectivity index (χ1) is 17.5. The number of esters is 2. The predicted octanol–water partition coefficient (Wildman–Crippen LogP) is 3.93. The number of carbonyl (C=O) groups excluding carboxylic acids is 4. The minimum atomic E-state index is -0.471. The molecule has 208 valence electrons. The van der Waals surface area contributed by atoms with E-state index < -0.39 is 18.2 Å². The van der Waals surface area contributed by atoms with Crippen LogP contribution < -0.4 is 10.6 Å². The van der Waals surface area contributed by atoms with Gasteiger partial charge in [-0.2, -0.15) is 0 Å². The molecule has 0 aromatic heterocycles. The van der Waals surface area contributed by atoms with Crippen molar-refractivity contribution in [2.75, 3.05) is 46.1 Å². The van der Waals surface area contributed by atoms with Crippen molar-refractivity contribution in [3.05, 3.63) is 0 Å². The Hall–Kier alpha value is -2.85. The van der Waals surface area contributed by atoms with E-state index in [4.69, 9.17) is 18.9 Å². The van der Waals surface area contributed by atoms with Gasteiger partial charge in [-0.15, -0.1) is 0 Å². The Morgan fingerprint density at radius 3 is 1.61 bits per heavy atom. The molecule has 0 bridgehead atoms. The first kappa shape index (κ1) is 33.1. The molecule has 11 nitrogen and oxygen atoms in total. The highest BCUT2D eigenvalue weighted by atomic mass is 16.6. The number of alkyl carbamates (subject to hydrolysis) is 2. The zero-order valence-electron chi connectivity index (χ0n) is 22.0. The number of amides is 2. The highest BCUT2D eigenvalue weighted by Gasteiger charge is 2.09. The SMILES string of the molecule is C/C=N/CCOC(=O)NCCCCCCNC(=O)OCCCCOC(=O)CCC(=O)OCCCCC. The minimum absolute atomic E-state index is 0.00359. The van der Waals surface area contributed by atoms with Crippen LogP contribution in [0, 0.1) is 0 Å². The second-order valence-electron chi connectivity index (χ2n) is 8.06. The first-order valence-electron chi connectivity index (χ1n) is 13.1. The fraction of sp³-hybridized carbons (Fsp3) is 0.800. The van der Waals surface area contributed by atoms with Crippen molar-refractivity contribution in [2.45, 2.75) is 84.5 Å². The first-order valence-corrected chi connectivity index (χ1v) is 13.1. The Morgan fingerprint density at radius 2 is 1.11 bits per heavy atom. The van der Waals surface area contributed by atoms with Gasteiger partial charge < -0.3 is 29.6 Å². The Balaban J connectivity index is 3.43. The fourth-order valence-electron chi connectivity index (χ4n) is 2.85. The van der Waals surface area contributed by atoms with Gasteiger partial charge in [-0.1, -0.05) is 32.6 Å². The maximum Gasteiger partial charge on any atom is 0.407 e. The molecule has 0 saturated heterocycles. The lowest BCUT2D eigenvalue weighted by molar-refractivity contribution is -0.150. The maximum atomic E-state index is 11.6. The lowest BCUT2D eigenvalue weighted by atomic mass is 10.2. The molecule has 0 heterocycles. The number of carbonyl (C=O) groups is 4. The molecule has 2 N–H and O–H groups in total. The number of hydrogen-bond acceptors (Lipinski definition) is 9. The summed E-state index contributed by atoms with van der Waals surface area (Å²) in [5, 5.41) is 5.38. The third-order valence-corrected chi connectivity index (χ3v) is 4.86. The molecule has 0 spiro atoms. The van der Waals surface area contributed by atoms with Crippen LogP contribution in [0.15, 0.2) is 4.99 Å². The van der Waals surface area contributed by atoms with Crippen LogP contribution in [-0.2, 0) is 28.5 Å². The largest absolute Gasteiger partial charge is 0.466 e. The van der Waals surface area contributed by atoms with Gasteiger partial charge >= 0.3 is 24.1 Å². The molecule has 0 rings (SSSR count). The van der Waals surface area contributed by atoms with Crippen molar-refractivity contribution < 1.29 is 38.1 Å². The maximum absolute atomic E-state index is 11.6. The van der Waals surface area contributed by atoms with E-state index in [1.807, 2.05) is 6.92 Å². The van der Waals surface area contributed by atoms with E-state index in [2.05, 4.69) is 22.5 Å². The van der Waals surface area contributed by atoms with E-state index in [-0.39, 0.29) is 38.6 Å². The van der Waals surface area contributed by atoms with Gasteiger partial charge in [0, 0.05) is 13.1 Å². The van der Waals surface area contributed by atoms with Gasteiger partial charge in [0.15, 0.2) is 0 Å². The van der Waals surface area contributed by atoms with Crippen LogP contribution in [-0.4, -0.2) is 76.4 Å². The second-order valence-corrected chi connectivity index (χ2v) is 8.06. The molecule has 0 aliphatic rings. The highest BCUT2D eigenvalue weighted by Crippen LogP contribution is 2.01. The van der Waals surface area contributed by atoms with E-state index in [1.54, 1.807) is 6.21 Å². The van der Waals surface area contributed by atoms with Crippen molar-refractivity contribution in [3.8, 4) is 0 Å². The van der Waals surface area contributed by atoms with Crippen molar-refractivity contribution in [3.63, 3.8) is 0 Å². The summed E-state index contributed by atoms with van der Waals surface area (Å²) < 4.78 is 20.1. The molecule has 0 aliphatic carbocycles. The van der Waals surface area contributed by atoms with Crippen LogP contribution in [0.2, 0.25) is 0 Å². The van der Waals surface area contributed by atoms with Crippen LogP contribution in [0.25, 0.3) is 0 Å². The molecule has 0 saturated carbocycles. The Kier molecular flexibility index (Phi) is 23.3. The van der Waals surface area contributed by atoms with Crippen LogP contribution in [0.5, 0.6) is 0 Å². The van der Waals surface area contributed by atoms with Gasteiger partial charge in [0.05, 0.1) is 39.2 Å². The van der Waals surface area contributed by atoms with Gasteiger partial charge in [0.1, 0.15) is 6.61 Å². The topological polar surface area (TPSA) is 142 Å². The molecule has 0 unspecified atom stereocenters. The molecule has 2 amide bonds. The van der Waals surface area contributed by atoms with E-state index in [0.29, 0.717) is 39.1 Å². The zero-order chi connectivity index (χ0) is 26.7. The van der Waals surface area contributed by atoms with Gasteiger partial charge in [-0.3, -0.25) is 14.6 Å². The molecule has 0 aromatic carbocycles. The Bertz CT molecular complexity index is 628. The second kappa shape index (κ2) is 25.2. The van der Waals surface area contributed by atoms with Crippen LogP contribution >= 0.6 is 0 Å². The predicted molar refractivity (Wildman–Crippen MR) is 136 cm³/mol. The summed E-state index contributed by atoms with van der Waals surface area (Å²) in [4.78, 5) is 50.1. The Labute approximate surface area is 215 Å². The average molecular weight is 516 g/mol. The van der Waals surface area contributed by atoms with Crippen molar-refractivity contribution in [2.24, 2.45) is 4.99 Å². The van der Waals surface area contributed by atoms with E-state index in [0.717, 1.165) is 44.9 Å². The number of nitrogens with one attached hydrogen (secondary N) is 2. The molecule has 36 heavy (non-hydrogen) atoms. The highest BCUT2D eigenvalue weighted by molar-refractivity contribution is 5.77. The number of rotatable bonds is 22. The number of aliphatic imine (C=N–C) groups is 1. The average Bonchev–Trinajstić information content (AvgIpc) is 2.86. The van der Waals surface area contributed by atoms with Crippen molar-refractivity contribution >= 4 is 30.3 Å². The molecule has 0 atom stereocenters. The van der Waals surface area contributed by atoms with Crippen LogP contribution in [0.4, 0.5) is 9.59 Å². The van der Waals surface area contributed by atoms with E-state index in [9.17, 15) is 19.2 Å². The van der Waals surface area contributed by atoms with Gasteiger partial charge in [-0.25, -0.2) is 9.59 Å². The number of unbranched alkanes of at least 4 members (excludes halogenated alkanes) is 6. The lowest BCUT2D eigenvalue weighted by Gasteiger charge is -2.08. The zero-order valence-corrected chi connectivity index (χ0v) is 22.0. The monoisotopic (exact) mass is 515 g/mol. The standard InChI is InChI=1S/C25H45N3O8/c1-3-5-10-18-33-22(29)13-14-23(30)34-19-11-12-20-35-24(31)27-15-8-6-7-9-16-28-25(32)36-21-17-26-4-2/h4H,3,5-21H2,1-2H3,(H,27,31)(H,28,32)/b26-4+. The third kappa shape index (κ3) is 24.3. The smallest absolute Gasteiger partial charge is 0.407 e. The number of nitrogens with zero attached hydrogens (tertiary/aromatic N) is 1. The summed E-state index contributed by atoms with van der Waals surface area (Å²) in [7, 11) is 0. The van der Waals surface area contributed by atoms with Gasteiger partial charge in [-0.05, 0) is 45.2 Å². The summed E-state index contributed by atoms with van der Waals surface area (Å²) in [6.07, 6.45) is 8.32. The fourth-order valence-corrected chi connectivity index (χ4v) is 2.85. The summed E-state index contributed by atoms with van der Waals surface area (Å²) >= 11 is 0. The van der Waals surface area contributed by atoms with Gasteiger partial charge in [0.25, 0.3) is 0 Å². The van der Waals surface area contributed by atoms with E-state index in [1.165, 1.54) is 0 Å². The van der Waals surface area contributed by atoms with Crippen molar-refractivity contribution in [1.29, 1.82) is 0 Å². The number of ether oxygens (including phenoxy) is 4. The van der Waals surface area contributed by atoms with Crippen LogP contribution in [0.3, 0.4) is 0 Å². The molecule has 0 radical (unpaired) electrons. The molecule has 11 heteroatoms. The molecule has 0 aliphatic heterocycles. The van der Waals surface area contributed by atoms with Gasteiger partial charge in [0.2, 0.25) is 0 Å². The third-order valence-electron chi connectivity index (χ3n) is 4.86. The molecule has 0 fully saturated rings. The minimum Gasteiger partial charge on any atom is -0.466 e. The lowest BCUT2D eigenvalue weighted by Crippen LogP contribution is -2.26. The molecular weight excluding hydrogens is 470 g/mol. The quantitative estimate of drug-likeness (QED) is 0.0956. The van der Waals surface area contributed by atoms with E-state index >= 15 is 0 Å². The number of hydrogen-bond donors (Lipinski definition) is 2. The normalized spacial score (nSPS) is 10.6. The Morgan fingerprint density at radius 1 is 0.639 bits per heavy atom. The van der Waals surface area contributed by atoms with Crippen molar-refractivity contribution in [1.82, 2.24) is 10.6 Å². The molecular formula is C25H45N3O8.